The van der Waals surface area contributed by atoms with Gasteiger partial charge in [0, 0.05) is 0 Å². The molecular formula is C15H19NO2. The van der Waals surface area contributed by atoms with Crippen LogP contribution in [-0.4, -0.2) is 13.2 Å². The van der Waals surface area contributed by atoms with E-state index in [1.54, 1.807) is 6.26 Å². The van der Waals surface area contributed by atoms with E-state index in [9.17, 15) is 0 Å². The summed E-state index contributed by atoms with van der Waals surface area (Å²) in [6.07, 6.45) is 2.78. The Hall–Kier alpha value is -1.74. The minimum atomic E-state index is 0.0974. The van der Waals surface area contributed by atoms with Crippen LogP contribution in [0.4, 0.5) is 0 Å². The maximum absolute atomic E-state index is 5.77. The fraction of sp³-hybridized carbons (Fsp3) is 0.333. The molecule has 3 nitrogen and oxygen atoms in total. The molecule has 2 rings (SSSR count). The molecule has 0 bridgehead atoms. The number of ether oxygens (including phenoxy) is 1. The van der Waals surface area contributed by atoms with Gasteiger partial charge in [0.25, 0.3) is 0 Å². The van der Waals surface area contributed by atoms with Crippen LogP contribution in [-0.2, 0) is 0 Å². The highest BCUT2D eigenvalue weighted by Crippen LogP contribution is 2.16. The van der Waals surface area contributed by atoms with Crippen molar-refractivity contribution in [2.45, 2.75) is 19.4 Å². The molecule has 96 valence electrons. The van der Waals surface area contributed by atoms with E-state index in [-0.39, 0.29) is 6.04 Å². The van der Waals surface area contributed by atoms with E-state index in [4.69, 9.17) is 9.15 Å². The quantitative estimate of drug-likeness (QED) is 0.811. The second-order valence-electron chi connectivity index (χ2n) is 4.15. The number of furan rings is 1. The topological polar surface area (TPSA) is 34.4 Å². The van der Waals surface area contributed by atoms with Gasteiger partial charge in [-0.2, -0.15) is 0 Å². The molecule has 0 saturated heterocycles. The lowest BCUT2D eigenvalue weighted by Gasteiger charge is -2.17. The first-order valence-electron chi connectivity index (χ1n) is 6.34. The Morgan fingerprint density at radius 3 is 2.67 bits per heavy atom. The van der Waals surface area contributed by atoms with Crippen molar-refractivity contribution in [2.75, 3.05) is 13.2 Å². The van der Waals surface area contributed by atoms with Crippen LogP contribution in [0.25, 0.3) is 0 Å². The van der Waals surface area contributed by atoms with Gasteiger partial charge in [0.1, 0.15) is 24.2 Å². The van der Waals surface area contributed by atoms with Crippen molar-refractivity contribution < 1.29 is 9.15 Å². The Kier molecular flexibility index (Phi) is 4.85. The first-order chi connectivity index (χ1) is 8.90. The Bertz CT molecular complexity index is 425. The minimum Gasteiger partial charge on any atom is -0.491 e. The normalized spacial score (nSPS) is 12.3. The van der Waals surface area contributed by atoms with Gasteiger partial charge in [-0.3, -0.25) is 0 Å². The fourth-order valence-electron chi connectivity index (χ4n) is 1.75. The highest BCUT2D eigenvalue weighted by atomic mass is 16.5. The summed E-state index contributed by atoms with van der Waals surface area (Å²) in [6.45, 7) is 3.66. The van der Waals surface area contributed by atoms with Gasteiger partial charge in [-0.1, -0.05) is 25.1 Å². The standard InChI is InChI=1S/C15H19NO2/c1-2-10-16-14(15-9-6-11-17-15)12-18-13-7-4-3-5-8-13/h3-9,11,14,16H,2,10,12H2,1H3. The zero-order valence-electron chi connectivity index (χ0n) is 10.6. The molecule has 0 amide bonds. The van der Waals surface area contributed by atoms with Crippen molar-refractivity contribution in [1.29, 1.82) is 0 Å². The molecule has 0 radical (unpaired) electrons. The largest absolute Gasteiger partial charge is 0.491 e. The summed E-state index contributed by atoms with van der Waals surface area (Å²) < 4.78 is 11.2. The van der Waals surface area contributed by atoms with Gasteiger partial charge in [-0.25, -0.2) is 0 Å². The molecule has 1 unspecified atom stereocenters. The molecule has 0 aliphatic rings. The first kappa shape index (κ1) is 12.7. The summed E-state index contributed by atoms with van der Waals surface area (Å²) in [7, 11) is 0. The highest BCUT2D eigenvalue weighted by Gasteiger charge is 2.14. The van der Waals surface area contributed by atoms with Crippen molar-refractivity contribution in [3.05, 3.63) is 54.5 Å². The fourth-order valence-corrected chi connectivity index (χ4v) is 1.75. The smallest absolute Gasteiger partial charge is 0.124 e. The first-order valence-corrected chi connectivity index (χ1v) is 6.34. The van der Waals surface area contributed by atoms with Gasteiger partial charge in [0.2, 0.25) is 0 Å². The number of rotatable bonds is 7. The Labute approximate surface area is 108 Å². The zero-order valence-corrected chi connectivity index (χ0v) is 10.6. The van der Waals surface area contributed by atoms with Crippen LogP contribution >= 0.6 is 0 Å². The van der Waals surface area contributed by atoms with E-state index in [1.165, 1.54) is 0 Å². The SMILES string of the molecule is CCCNC(COc1ccccc1)c1ccco1. The van der Waals surface area contributed by atoms with E-state index < -0.39 is 0 Å². The third-order valence-corrected chi connectivity index (χ3v) is 2.69. The summed E-state index contributed by atoms with van der Waals surface area (Å²) in [5.74, 6) is 1.80. The third kappa shape index (κ3) is 3.64. The Balaban J connectivity index is 1.93. The zero-order chi connectivity index (χ0) is 12.6. The summed E-state index contributed by atoms with van der Waals surface area (Å²) >= 11 is 0. The highest BCUT2D eigenvalue weighted by molar-refractivity contribution is 5.21. The summed E-state index contributed by atoms with van der Waals surface area (Å²) in [6, 6.07) is 13.8. The van der Waals surface area contributed by atoms with E-state index in [0.717, 1.165) is 24.5 Å². The molecule has 1 aromatic carbocycles. The molecule has 0 saturated carbocycles. The molecule has 1 atom stereocenters. The average molecular weight is 245 g/mol. The number of para-hydroxylation sites is 1. The number of nitrogens with one attached hydrogen (secondary N) is 1. The van der Waals surface area contributed by atoms with E-state index >= 15 is 0 Å². The van der Waals surface area contributed by atoms with Crippen LogP contribution in [0, 0.1) is 0 Å². The second kappa shape index (κ2) is 6.87. The molecule has 1 aromatic heterocycles. The van der Waals surface area contributed by atoms with Crippen LogP contribution in [0.2, 0.25) is 0 Å². The van der Waals surface area contributed by atoms with Crippen molar-refractivity contribution in [3.8, 4) is 5.75 Å². The monoisotopic (exact) mass is 245 g/mol. The van der Waals surface area contributed by atoms with Crippen LogP contribution < -0.4 is 10.1 Å². The Morgan fingerprint density at radius 1 is 1.17 bits per heavy atom. The molecular weight excluding hydrogens is 226 g/mol. The molecule has 3 heteroatoms. The van der Waals surface area contributed by atoms with Gasteiger partial charge < -0.3 is 14.5 Å². The van der Waals surface area contributed by atoms with E-state index in [2.05, 4.69) is 12.2 Å². The summed E-state index contributed by atoms with van der Waals surface area (Å²) in [4.78, 5) is 0. The molecule has 18 heavy (non-hydrogen) atoms. The lowest BCUT2D eigenvalue weighted by atomic mass is 10.2. The molecule has 1 N–H and O–H groups in total. The molecule has 0 aliphatic carbocycles. The third-order valence-electron chi connectivity index (χ3n) is 2.69. The van der Waals surface area contributed by atoms with Crippen LogP contribution in [0.1, 0.15) is 25.1 Å². The number of hydrogen-bond acceptors (Lipinski definition) is 3. The van der Waals surface area contributed by atoms with Gasteiger partial charge in [-0.05, 0) is 37.2 Å². The number of benzene rings is 1. The second-order valence-corrected chi connectivity index (χ2v) is 4.15. The van der Waals surface area contributed by atoms with E-state index in [0.29, 0.717) is 6.61 Å². The van der Waals surface area contributed by atoms with Crippen molar-refractivity contribution in [3.63, 3.8) is 0 Å². The van der Waals surface area contributed by atoms with Crippen molar-refractivity contribution in [2.24, 2.45) is 0 Å². The molecule has 0 fully saturated rings. The van der Waals surface area contributed by atoms with Gasteiger partial charge in [0.05, 0.1) is 6.26 Å². The van der Waals surface area contributed by atoms with Crippen LogP contribution in [0.15, 0.2) is 53.1 Å². The predicted molar refractivity (Wildman–Crippen MR) is 71.7 cm³/mol. The van der Waals surface area contributed by atoms with Crippen LogP contribution in [0.3, 0.4) is 0 Å². The summed E-state index contributed by atoms with van der Waals surface area (Å²) in [5, 5.41) is 3.42. The predicted octanol–water partition coefficient (Wildman–Crippen LogP) is 3.40. The van der Waals surface area contributed by atoms with Crippen LogP contribution in [0.5, 0.6) is 5.75 Å². The minimum absolute atomic E-state index is 0.0974. The van der Waals surface area contributed by atoms with Gasteiger partial charge in [-0.15, -0.1) is 0 Å². The van der Waals surface area contributed by atoms with Gasteiger partial charge >= 0.3 is 0 Å². The molecule has 2 aromatic rings. The maximum Gasteiger partial charge on any atom is 0.124 e. The summed E-state index contributed by atoms with van der Waals surface area (Å²) in [5.41, 5.74) is 0. The number of hydrogen-bond donors (Lipinski definition) is 1. The lowest BCUT2D eigenvalue weighted by Crippen LogP contribution is -2.27. The van der Waals surface area contributed by atoms with Crippen molar-refractivity contribution >= 4 is 0 Å². The molecule has 1 heterocycles. The average Bonchev–Trinajstić information content (AvgIpc) is 2.94. The molecule has 0 spiro atoms. The van der Waals surface area contributed by atoms with E-state index in [1.807, 2.05) is 42.5 Å². The van der Waals surface area contributed by atoms with Gasteiger partial charge in [0.15, 0.2) is 0 Å². The maximum atomic E-state index is 5.77. The Morgan fingerprint density at radius 2 is 2.00 bits per heavy atom. The lowest BCUT2D eigenvalue weighted by molar-refractivity contribution is 0.246. The van der Waals surface area contributed by atoms with Crippen molar-refractivity contribution in [1.82, 2.24) is 5.32 Å². The molecule has 0 aliphatic heterocycles.